The first-order chi connectivity index (χ1) is 19.3. The molecule has 0 saturated heterocycles. The number of hydrogen-bond donors (Lipinski definition) is 1. The van der Waals surface area contributed by atoms with E-state index in [1.165, 1.54) is 12.0 Å². The Morgan fingerprint density at radius 1 is 1.24 bits per heavy atom. The molecule has 1 aromatic carbocycles. The molecule has 1 atom stereocenters. The molecule has 16 heteroatoms. The number of ether oxygens (including phenoxy) is 2. The third-order valence-corrected chi connectivity index (χ3v) is 7.66. The van der Waals surface area contributed by atoms with Gasteiger partial charge in [0.15, 0.2) is 11.5 Å². The van der Waals surface area contributed by atoms with Crippen LogP contribution < -0.4 is 15.4 Å². The first kappa shape index (κ1) is 29.1. The number of fused-ring (bicyclic) bond motifs is 2. The molecule has 0 radical (unpaired) electrons. The maximum Gasteiger partial charge on any atom is 0.418 e. The van der Waals surface area contributed by atoms with Crippen LogP contribution in [0.2, 0.25) is 10.0 Å². The topological polar surface area (TPSA) is 112 Å². The van der Waals surface area contributed by atoms with Crippen LogP contribution >= 0.6 is 23.2 Å². The molecular weight excluding hydrogens is 593 g/mol. The molecular formula is C25H25Cl2F4N7O3. The average molecular weight is 618 g/mol. The van der Waals surface area contributed by atoms with Gasteiger partial charge in [0.2, 0.25) is 0 Å². The smallest absolute Gasteiger partial charge is 0.418 e. The quantitative estimate of drug-likeness (QED) is 0.332. The Hall–Kier alpha value is -3.36. The van der Waals surface area contributed by atoms with Crippen LogP contribution in [0, 0.1) is 5.82 Å². The normalized spacial score (nSPS) is 17.1. The molecule has 10 nitrogen and oxygen atoms in total. The maximum atomic E-state index is 15.1. The number of nitrogens with two attached hydrogens (primary N) is 1. The summed E-state index contributed by atoms with van der Waals surface area (Å²) in [4.78, 5) is 24.7. The lowest BCUT2D eigenvalue weighted by Crippen LogP contribution is -2.29. The molecule has 41 heavy (non-hydrogen) atoms. The number of nitrogens with zero attached hydrogens (tertiary/aromatic N) is 6. The van der Waals surface area contributed by atoms with E-state index in [-0.39, 0.29) is 42.2 Å². The van der Waals surface area contributed by atoms with Crippen LogP contribution in [0.3, 0.4) is 0 Å². The summed E-state index contributed by atoms with van der Waals surface area (Å²) in [5, 5.41) is 3.90. The summed E-state index contributed by atoms with van der Waals surface area (Å²) in [6.45, 7) is 0.992. The summed E-state index contributed by atoms with van der Waals surface area (Å²) in [7, 11) is 4.56. The van der Waals surface area contributed by atoms with Crippen LogP contribution in [0.25, 0.3) is 0 Å². The number of carbonyl (C=O) groups excluding carboxylic acids is 1. The molecule has 220 valence electrons. The third kappa shape index (κ3) is 5.24. The molecule has 0 spiro atoms. The second-order valence-electron chi connectivity index (χ2n) is 9.82. The summed E-state index contributed by atoms with van der Waals surface area (Å²) in [5.74, 6) is -1.18. The van der Waals surface area contributed by atoms with E-state index in [1.807, 2.05) is 4.90 Å². The van der Waals surface area contributed by atoms with Crippen molar-refractivity contribution >= 4 is 40.6 Å². The molecule has 4 heterocycles. The number of halogens is 6. The van der Waals surface area contributed by atoms with E-state index in [4.69, 9.17) is 38.4 Å². The monoisotopic (exact) mass is 617 g/mol. The summed E-state index contributed by atoms with van der Waals surface area (Å²) in [5.41, 5.74) is 4.52. The molecule has 0 fully saturated rings. The predicted molar refractivity (Wildman–Crippen MR) is 142 cm³/mol. The number of amides is 1. The van der Waals surface area contributed by atoms with E-state index in [2.05, 4.69) is 15.1 Å². The Morgan fingerprint density at radius 2 is 1.98 bits per heavy atom. The van der Waals surface area contributed by atoms with Crippen LogP contribution in [0.1, 0.15) is 51.1 Å². The lowest BCUT2D eigenvalue weighted by molar-refractivity contribution is -0.140. The van der Waals surface area contributed by atoms with Crippen molar-refractivity contribution in [2.24, 2.45) is 0 Å². The fourth-order valence-electron chi connectivity index (χ4n) is 5.04. The molecule has 0 bridgehead atoms. The molecule has 2 N–H and O–H groups in total. The summed E-state index contributed by atoms with van der Waals surface area (Å²) < 4.78 is 69.7. The standard InChI is InChI=1S/C25H25Cl2F4N7O3/c1-36(2)23(39)21-19(27)15-9-37(5-4-6-38(15)35-21)22-11-10-41-16(8-14(11)33-24(34-22)40-3)17-18(25(29,30)31)12(26)7-13(32)20(17)28/h7,16H,4-6,8-10,32H2,1-3H3. The van der Waals surface area contributed by atoms with E-state index in [0.29, 0.717) is 42.3 Å². The van der Waals surface area contributed by atoms with E-state index in [0.717, 1.165) is 6.07 Å². The second kappa shape index (κ2) is 10.8. The van der Waals surface area contributed by atoms with Crippen LogP contribution in [0.15, 0.2) is 6.07 Å². The van der Waals surface area contributed by atoms with Crippen molar-refractivity contribution in [3.05, 3.63) is 55.7 Å². The van der Waals surface area contributed by atoms with Crippen molar-refractivity contribution in [2.45, 2.75) is 44.8 Å². The van der Waals surface area contributed by atoms with Gasteiger partial charge in [-0.05, 0) is 12.5 Å². The SMILES string of the molecule is COc1nc2c(c(N3CCCn4nc(C(=O)N(C)C)c(Cl)c4C3)n1)COC(c1c(F)c(N)cc(Cl)c1C(F)(F)F)C2. The number of methoxy groups -OCH3 is 1. The molecule has 2 aliphatic heterocycles. The predicted octanol–water partition coefficient (Wildman–Crippen LogP) is 4.65. The van der Waals surface area contributed by atoms with Crippen LogP contribution in [-0.2, 0) is 37.0 Å². The van der Waals surface area contributed by atoms with E-state index >= 15 is 4.39 Å². The minimum absolute atomic E-state index is 0.0335. The number of aromatic nitrogens is 4. The van der Waals surface area contributed by atoms with Gasteiger partial charge in [-0.2, -0.15) is 28.2 Å². The number of alkyl halides is 3. The lowest BCUT2D eigenvalue weighted by atomic mass is 9.93. The van der Waals surface area contributed by atoms with E-state index < -0.39 is 39.9 Å². The van der Waals surface area contributed by atoms with Crippen LogP contribution in [-0.4, -0.2) is 58.3 Å². The number of benzene rings is 1. The molecule has 0 aliphatic carbocycles. The van der Waals surface area contributed by atoms with Crippen LogP contribution in [0.5, 0.6) is 6.01 Å². The van der Waals surface area contributed by atoms with Crippen molar-refractivity contribution < 1.29 is 31.8 Å². The molecule has 2 aliphatic rings. The van der Waals surface area contributed by atoms with Crippen molar-refractivity contribution in [1.82, 2.24) is 24.6 Å². The molecule has 0 saturated carbocycles. The number of carbonyl (C=O) groups is 1. The van der Waals surface area contributed by atoms with Gasteiger partial charge in [-0.25, -0.2) is 4.39 Å². The number of hydrogen-bond acceptors (Lipinski definition) is 8. The van der Waals surface area contributed by atoms with Gasteiger partial charge in [-0.15, -0.1) is 0 Å². The van der Waals surface area contributed by atoms with E-state index in [9.17, 15) is 18.0 Å². The van der Waals surface area contributed by atoms with Crippen molar-refractivity contribution in [3.63, 3.8) is 0 Å². The molecule has 2 aromatic heterocycles. The summed E-state index contributed by atoms with van der Waals surface area (Å²) in [6.07, 6.45) is -5.95. The molecule has 1 unspecified atom stereocenters. The Bertz CT molecular complexity index is 1530. The second-order valence-corrected chi connectivity index (χ2v) is 10.6. The highest BCUT2D eigenvalue weighted by molar-refractivity contribution is 6.34. The lowest BCUT2D eigenvalue weighted by Gasteiger charge is -2.31. The Kier molecular flexibility index (Phi) is 7.68. The first-order valence-electron chi connectivity index (χ1n) is 12.4. The van der Waals surface area contributed by atoms with Crippen molar-refractivity contribution in [1.29, 1.82) is 0 Å². The van der Waals surface area contributed by atoms with Gasteiger partial charge in [0.1, 0.15) is 5.82 Å². The maximum absolute atomic E-state index is 15.1. The zero-order chi connectivity index (χ0) is 29.8. The van der Waals surface area contributed by atoms with Crippen LogP contribution in [0.4, 0.5) is 29.1 Å². The first-order valence-corrected chi connectivity index (χ1v) is 13.2. The molecule has 5 rings (SSSR count). The van der Waals surface area contributed by atoms with Gasteiger partial charge < -0.3 is 25.0 Å². The fourth-order valence-corrected chi connectivity index (χ4v) is 5.64. The zero-order valence-corrected chi connectivity index (χ0v) is 23.7. The summed E-state index contributed by atoms with van der Waals surface area (Å²) >= 11 is 12.5. The third-order valence-electron chi connectivity index (χ3n) is 6.97. The van der Waals surface area contributed by atoms with Gasteiger partial charge in [0.05, 0.1) is 59.0 Å². The molecule has 1 amide bonds. The Labute approximate surface area is 241 Å². The van der Waals surface area contributed by atoms with E-state index in [1.54, 1.807) is 18.8 Å². The van der Waals surface area contributed by atoms with Crippen molar-refractivity contribution in [2.75, 3.05) is 38.4 Å². The number of rotatable bonds is 4. The van der Waals surface area contributed by atoms with Gasteiger partial charge in [-0.1, -0.05) is 23.2 Å². The Morgan fingerprint density at radius 3 is 2.63 bits per heavy atom. The van der Waals surface area contributed by atoms with Crippen molar-refractivity contribution in [3.8, 4) is 6.01 Å². The van der Waals surface area contributed by atoms with Gasteiger partial charge in [-0.3, -0.25) is 9.48 Å². The number of anilines is 2. The fraction of sp³-hybridized carbons (Fsp3) is 0.440. The highest BCUT2D eigenvalue weighted by atomic mass is 35.5. The minimum atomic E-state index is -4.96. The number of aryl methyl sites for hydroxylation is 1. The van der Waals surface area contributed by atoms with Gasteiger partial charge in [0, 0.05) is 44.7 Å². The zero-order valence-electron chi connectivity index (χ0n) is 22.2. The average Bonchev–Trinajstić information content (AvgIpc) is 3.07. The van der Waals surface area contributed by atoms with Gasteiger partial charge >= 0.3 is 12.2 Å². The minimum Gasteiger partial charge on any atom is -0.467 e. The number of nitrogen functional groups attached to an aromatic ring is 1. The summed E-state index contributed by atoms with van der Waals surface area (Å²) in [6, 6.07) is 0.699. The van der Waals surface area contributed by atoms with Gasteiger partial charge in [0.25, 0.3) is 5.91 Å². The highest BCUT2D eigenvalue weighted by Gasteiger charge is 2.42. The largest absolute Gasteiger partial charge is 0.467 e. The molecule has 3 aromatic rings. The highest BCUT2D eigenvalue weighted by Crippen LogP contribution is 2.46. The Balaban J connectivity index is 1.55.